The predicted molar refractivity (Wildman–Crippen MR) is 86.1 cm³/mol. The summed E-state index contributed by atoms with van der Waals surface area (Å²) in [4.78, 5) is 30.0. The van der Waals surface area contributed by atoms with E-state index < -0.39 is 0 Å². The highest BCUT2D eigenvalue weighted by atomic mass is 35.5. The van der Waals surface area contributed by atoms with Gasteiger partial charge in [0.15, 0.2) is 0 Å². The number of pyridine rings is 1. The minimum atomic E-state index is -0.192. The summed E-state index contributed by atoms with van der Waals surface area (Å²) in [7, 11) is 1.81. The van der Waals surface area contributed by atoms with Crippen molar-refractivity contribution in [3.8, 4) is 0 Å². The van der Waals surface area contributed by atoms with E-state index in [1.807, 2.05) is 25.8 Å². The fourth-order valence-electron chi connectivity index (χ4n) is 2.15. The van der Waals surface area contributed by atoms with Crippen LogP contribution >= 0.6 is 11.6 Å². The molecule has 7 heteroatoms. The van der Waals surface area contributed by atoms with Crippen LogP contribution in [0.15, 0.2) is 29.2 Å². The Labute approximate surface area is 133 Å². The van der Waals surface area contributed by atoms with Gasteiger partial charge in [-0.2, -0.15) is 0 Å². The van der Waals surface area contributed by atoms with Crippen molar-refractivity contribution < 1.29 is 4.79 Å². The molecule has 0 unspecified atom stereocenters. The first-order valence-corrected chi connectivity index (χ1v) is 7.38. The Morgan fingerprint density at radius 1 is 1.45 bits per heavy atom. The average molecular weight is 323 g/mol. The van der Waals surface area contributed by atoms with Crippen molar-refractivity contribution in [2.75, 3.05) is 13.6 Å². The molecule has 0 aliphatic carbocycles. The first kappa shape index (κ1) is 16.5. The average Bonchev–Trinajstić information content (AvgIpc) is 2.38. The number of likely N-dealkylation sites (N-methyl/N-ethyl adjacent to an activating group) is 1. The van der Waals surface area contributed by atoms with E-state index in [1.165, 1.54) is 16.7 Å². The van der Waals surface area contributed by atoms with Crippen LogP contribution in [-0.2, 0) is 11.3 Å². The summed E-state index contributed by atoms with van der Waals surface area (Å²) in [5, 5.41) is 3.30. The van der Waals surface area contributed by atoms with Crippen LogP contribution in [0.4, 0.5) is 0 Å². The maximum atomic E-state index is 12.1. The second-order valence-corrected chi connectivity index (χ2v) is 5.99. The van der Waals surface area contributed by atoms with E-state index in [-0.39, 0.29) is 24.1 Å². The van der Waals surface area contributed by atoms with E-state index in [9.17, 15) is 9.59 Å². The number of rotatable bonds is 5. The molecular weight excluding hydrogens is 304 g/mol. The molecule has 2 aromatic heterocycles. The molecule has 0 fully saturated rings. The SMILES string of the molecule is CC(C)NC(=O)CN(C)Cc1cc(=O)n2cc(Cl)ccc2n1. The maximum absolute atomic E-state index is 12.1. The normalized spacial score (nSPS) is 11.4. The molecule has 0 saturated heterocycles. The standard InChI is InChI=1S/C15H19ClN4O2/c1-10(2)17-14(21)9-19(3)8-12-6-15(22)20-7-11(16)4-5-13(20)18-12/h4-7,10H,8-9H2,1-3H3,(H,17,21). The van der Waals surface area contributed by atoms with Crippen LogP contribution in [0.1, 0.15) is 19.5 Å². The molecule has 0 saturated carbocycles. The zero-order valence-electron chi connectivity index (χ0n) is 12.8. The van der Waals surface area contributed by atoms with Gasteiger partial charge in [0.05, 0.1) is 17.3 Å². The van der Waals surface area contributed by atoms with E-state index in [0.29, 0.717) is 22.9 Å². The molecule has 0 aromatic carbocycles. The quantitative estimate of drug-likeness (QED) is 0.901. The van der Waals surface area contributed by atoms with E-state index >= 15 is 0 Å². The highest BCUT2D eigenvalue weighted by molar-refractivity contribution is 6.30. The lowest BCUT2D eigenvalue weighted by Crippen LogP contribution is -2.38. The second-order valence-electron chi connectivity index (χ2n) is 5.56. The van der Waals surface area contributed by atoms with Crippen LogP contribution in [0.25, 0.3) is 5.65 Å². The lowest BCUT2D eigenvalue weighted by atomic mass is 10.3. The molecule has 6 nitrogen and oxygen atoms in total. The van der Waals surface area contributed by atoms with Gasteiger partial charge in [0.1, 0.15) is 5.65 Å². The van der Waals surface area contributed by atoms with Crippen molar-refractivity contribution in [3.05, 3.63) is 45.5 Å². The van der Waals surface area contributed by atoms with Gasteiger partial charge in [0.2, 0.25) is 5.91 Å². The first-order valence-electron chi connectivity index (χ1n) is 7.01. The molecule has 0 radical (unpaired) electrons. The second kappa shape index (κ2) is 6.89. The predicted octanol–water partition coefficient (Wildman–Crippen LogP) is 1.30. The monoisotopic (exact) mass is 322 g/mol. The summed E-state index contributed by atoms with van der Waals surface area (Å²) in [6.45, 7) is 4.49. The molecule has 1 amide bonds. The number of aromatic nitrogens is 2. The Balaban J connectivity index is 2.13. The van der Waals surface area contributed by atoms with Crippen molar-refractivity contribution in [2.24, 2.45) is 0 Å². The van der Waals surface area contributed by atoms with E-state index in [1.54, 1.807) is 12.1 Å². The van der Waals surface area contributed by atoms with Gasteiger partial charge < -0.3 is 5.32 Å². The Hall–Kier alpha value is -1.92. The van der Waals surface area contributed by atoms with Crippen molar-refractivity contribution in [1.29, 1.82) is 0 Å². The van der Waals surface area contributed by atoms with Gasteiger partial charge in [-0.3, -0.25) is 18.9 Å². The number of amides is 1. The zero-order chi connectivity index (χ0) is 16.3. The van der Waals surface area contributed by atoms with Crippen molar-refractivity contribution in [1.82, 2.24) is 19.6 Å². The van der Waals surface area contributed by atoms with E-state index in [2.05, 4.69) is 10.3 Å². The third-order valence-electron chi connectivity index (χ3n) is 2.97. The molecule has 0 aliphatic heterocycles. The van der Waals surface area contributed by atoms with Crippen LogP contribution in [0.3, 0.4) is 0 Å². The summed E-state index contributed by atoms with van der Waals surface area (Å²) in [6.07, 6.45) is 1.54. The third kappa shape index (κ3) is 4.29. The smallest absolute Gasteiger partial charge is 0.258 e. The number of carbonyl (C=O) groups is 1. The minimum Gasteiger partial charge on any atom is -0.353 e. The fraction of sp³-hybridized carbons (Fsp3) is 0.400. The molecule has 0 bridgehead atoms. The fourth-order valence-corrected chi connectivity index (χ4v) is 2.31. The van der Waals surface area contributed by atoms with Gasteiger partial charge in [-0.15, -0.1) is 0 Å². The van der Waals surface area contributed by atoms with Crippen LogP contribution in [0, 0.1) is 0 Å². The largest absolute Gasteiger partial charge is 0.353 e. The molecule has 0 atom stereocenters. The molecule has 0 aliphatic rings. The van der Waals surface area contributed by atoms with Crippen molar-refractivity contribution in [3.63, 3.8) is 0 Å². The van der Waals surface area contributed by atoms with Crippen LogP contribution in [-0.4, -0.2) is 39.8 Å². The summed E-state index contributed by atoms with van der Waals surface area (Å²) in [5.41, 5.74) is 0.960. The zero-order valence-corrected chi connectivity index (χ0v) is 13.6. The Morgan fingerprint density at radius 3 is 2.86 bits per heavy atom. The molecule has 2 aromatic rings. The summed E-state index contributed by atoms with van der Waals surface area (Å²) in [6, 6.07) is 4.94. The highest BCUT2D eigenvalue weighted by Crippen LogP contribution is 2.09. The summed E-state index contributed by atoms with van der Waals surface area (Å²) in [5.74, 6) is -0.0539. The van der Waals surface area contributed by atoms with Gasteiger partial charge in [0, 0.05) is 24.8 Å². The Morgan fingerprint density at radius 2 is 2.18 bits per heavy atom. The lowest BCUT2D eigenvalue weighted by molar-refractivity contribution is -0.122. The summed E-state index contributed by atoms with van der Waals surface area (Å²) < 4.78 is 1.40. The molecule has 1 N–H and O–H groups in total. The maximum Gasteiger partial charge on any atom is 0.258 e. The minimum absolute atomic E-state index is 0.0539. The van der Waals surface area contributed by atoms with Crippen molar-refractivity contribution >= 4 is 23.2 Å². The first-order chi connectivity index (χ1) is 10.3. The van der Waals surface area contributed by atoms with Crippen LogP contribution in [0.5, 0.6) is 0 Å². The molecule has 118 valence electrons. The number of carbonyl (C=O) groups excluding carboxylic acids is 1. The molecular formula is C15H19ClN4O2. The van der Waals surface area contributed by atoms with Gasteiger partial charge in [-0.1, -0.05) is 11.6 Å². The molecule has 2 heterocycles. The highest BCUT2D eigenvalue weighted by Gasteiger charge is 2.10. The number of hydrogen-bond donors (Lipinski definition) is 1. The van der Waals surface area contributed by atoms with E-state index in [4.69, 9.17) is 11.6 Å². The number of hydrogen-bond acceptors (Lipinski definition) is 4. The van der Waals surface area contributed by atoms with Gasteiger partial charge in [-0.05, 0) is 33.0 Å². The van der Waals surface area contributed by atoms with E-state index in [0.717, 1.165) is 0 Å². The number of fused-ring (bicyclic) bond motifs is 1. The molecule has 22 heavy (non-hydrogen) atoms. The molecule has 2 rings (SSSR count). The number of nitrogens with zero attached hydrogens (tertiary/aromatic N) is 3. The van der Waals surface area contributed by atoms with Crippen LogP contribution in [0.2, 0.25) is 5.02 Å². The Bertz CT molecular complexity index is 742. The summed E-state index contributed by atoms with van der Waals surface area (Å²) >= 11 is 5.87. The Kier molecular flexibility index (Phi) is 5.15. The van der Waals surface area contributed by atoms with Gasteiger partial charge in [0.25, 0.3) is 5.56 Å². The molecule has 0 spiro atoms. The van der Waals surface area contributed by atoms with Gasteiger partial charge >= 0.3 is 0 Å². The van der Waals surface area contributed by atoms with Crippen molar-refractivity contribution in [2.45, 2.75) is 26.4 Å². The van der Waals surface area contributed by atoms with Crippen LogP contribution < -0.4 is 10.9 Å². The lowest BCUT2D eigenvalue weighted by Gasteiger charge is -2.17. The topological polar surface area (TPSA) is 66.7 Å². The third-order valence-corrected chi connectivity index (χ3v) is 3.20. The number of nitrogens with one attached hydrogen (secondary N) is 1. The van der Waals surface area contributed by atoms with Gasteiger partial charge in [-0.25, -0.2) is 4.98 Å². The number of halogens is 1.